The molecule has 0 aliphatic heterocycles. The topological polar surface area (TPSA) is 9.23 Å². The monoisotopic (exact) mass is 139 g/mol. The Labute approximate surface area is 44.3 Å². The number of ether oxygens (including phenoxy) is 1. The van der Waals surface area contributed by atoms with Crippen molar-refractivity contribution in [2.75, 3.05) is 14.2 Å². The Bertz CT molecular complexity index is 9.61. The molecule has 0 spiro atoms. The first-order valence-electron chi connectivity index (χ1n) is 0.936. The van der Waals surface area contributed by atoms with Gasteiger partial charge in [-0.05, 0) is 0 Å². The maximum absolute atomic E-state index is 4.26. The van der Waals surface area contributed by atoms with Crippen LogP contribution in [0.5, 0.6) is 0 Å². The molecule has 0 saturated carbocycles. The summed E-state index contributed by atoms with van der Waals surface area (Å²) in [5.74, 6) is 0. The van der Waals surface area contributed by atoms with E-state index in [9.17, 15) is 0 Å². The van der Waals surface area contributed by atoms with Gasteiger partial charge in [0.25, 0.3) is 0 Å². The Morgan fingerprint density at radius 1 is 1.40 bits per heavy atom. The molecule has 0 atom stereocenters. The first-order chi connectivity index (χ1) is 2.41. The normalized spacial score (nSPS) is 5.00. The average Bonchev–Trinajstić information content (AvgIpc) is 1.46. The van der Waals surface area contributed by atoms with Crippen LogP contribution in [0.15, 0.2) is 0 Å². The molecule has 0 aromatic rings. The molecule has 0 aromatic heterocycles. The van der Waals surface area contributed by atoms with Crippen LogP contribution in [-0.2, 0) is 19.3 Å². The molecular formula is C2H6ClNiO. The van der Waals surface area contributed by atoms with Crippen LogP contribution in [-0.4, -0.2) is 14.2 Å². The summed E-state index contributed by atoms with van der Waals surface area (Å²) in [6, 6.07) is 0. The van der Waals surface area contributed by atoms with Crippen LogP contribution < -0.4 is 0 Å². The summed E-state index contributed by atoms with van der Waals surface area (Å²) in [6.07, 6.45) is 0. The number of hydrogen-bond donors (Lipinski definition) is 0. The molecule has 3 heteroatoms. The van der Waals surface area contributed by atoms with Gasteiger partial charge in [-0.25, -0.2) is 0 Å². The van der Waals surface area contributed by atoms with Crippen molar-refractivity contribution in [1.82, 2.24) is 0 Å². The standard InChI is InChI=1S/C2H6O.ClH.Ni/c1-3-2;;/h1-2H3;1H;/q;;+1/p-1. The van der Waals surface area contributed by atoms with E-state index in [1.807, 2.05) is 0 Å². The van der Waals surface area contributed by atoms with Crippen LogP contribution in [0.2, 0.25) is 0 Å². The van der Waals surface area contributed by atoms with E-state index >= 15 is 0 Å². The molecule has 5 heavy (non-hydrogen) atoms. The molecule has 1 nitrogen and oxygen atoms in total. The van der Waals surface area contributed by atoms with Crippen LogP contribution >= 0.6 is 10.2 Å². The van der Waals surface area contributed by atoms with E-state index in [1.165, 1.54) is 0 Å². The minimum atomic E-state index is 1.62. The Balaban J connectivity index is 0. The summed E-state index contributed by atoms with van der Waals surface area (Å²) in [5, 5.41) is 0. The quantitative estimate of drug-likeness (QED) is 0.455. The summed E-state index contributed by atoms with van der Waals surface area (Å²) in [6.45, 7) is 0. The fourth-order valence-electron chi connectivity index (χ4n) is 0. The molecule has 0 N–H and O–H groups in total. The predicted octanol–water partition coefficient (Wildman–Crippen LogP) is 0.950. The van der Waals surface area contributed by atoms with Gasteiger partial charge in [-0.2, -0.15) is 0 Å². The summed E-state index contributed by atoms with van der Waals surface area (Å²) >= 11 is 3.35. The first-order valence-corrected chi connectivity index (χ1v) is 2.29. The minimum absolute atomic E-state index is 1.62. The Morgan fingerprint density at radius 3 is 1.40 bits per heavy atom. The third-order valence-corrected chi connectivity index (χ3v) is 0. The van der Waals surface area contributed by atoms with Crippen molar-refractivity contribution in [2.24, 2.45) is 0 Å². The molecule has 0 rings (SSSR count). The maximum atomic E-state index is 4.26. The summed E-state index contributed by atoms with van der Waals surface area (Å²) in [4.78, 5) is 0. The van der Waals surface area contributed by atoms with Gasteiger partial charge in [-0.15, -0.1) is 0 Å². The zero-order chi connectivity index (χ0) is 4.71. The molecule has 0 aliphatic carbocycles. The predicted molar refractivity (Wildman–Crippen MR) is 18.8 cm³/mol. The van der Waals surface area contributed by atoms with E-state index in [1.54, 1.807) is 14.2 Å². The van der Waals surface area contributed by atoms with Gasteiger partial charge in [0, 0.05) is 14.2 Å². The van der Waals surface area contributed by atoms with Crippen molar-refractivity contribution in [2.45, 2.75) is 0 Å². The molecule has 0 aliphatic rings. The molecular weight excluding hydrogens is 134 g/mol. The van der Waals surface area contributed by atoms with Crippen molar-refractivity contribution in [3.8, 4) is 0 Å². The number of halogens is 1. The van der Waals surface area contributed by atoms with Crippen molar-refractivity contribution in [3.05, 3.63) is 0 Å². The number of rotatable bonds is 0. The van der Waals surface area contributed by atoms with Crippen molar-refractivity contribution in [1.29, 1.82) is 0 Å². The second kappa shape index (κ2) is 21.9. The number of hydrogen-bond acceptors (Lipinski definition) is 1. The molecule has 0 amide bonds. The van der Waals surface area contributed by atoms with Gasteiger partial charge in [-0.3, -0.25) is 0 Å². The van der Waals surface area contributed by atoms with Gasteiger partial charge < -0.3 is 4.74 Å². The molecule has 37 valence electrons. The summed E-state index contributed by atoms with van der Waals surface area (Å²) in [5.41, 5.74) is 0. The van der Waals surface area contributed by atoms with Crippen LogP contribution in [0.3, 0.4) is 0 Å². The average molecular weight is 140 g/mol. The fourth-order valence-corrected chi connectivity index (χ4v) is 0. The molecule has 0 saturated heterocycles. The fraction of sp³-hybridized carbons (Fsp3) is 1.00. The summed E-state index contributed by atoms with van der Waals surface area (Å²) < 4.78 is 4.25. The zero-order valence-corrected chi connectivity index (χ0v) is 4.85. The Kier molecular flexibility index (Phi) is 40.3. The molecule has 0 aromatic carbocycles. The molecule has 0 unspecified atom stereocenters. The van der Waals surface area contributed by atoms with Crippen molar-refractivity contribution < 1.29 is 19.3 Å². The van der Waals surface area contributed by atoms with Gasteiger partial charge in [-0.1, -0.05) is 0 Å². The third kappa shape index (κ3) is 64.6. The van der Waals surface area contributed by atoms with Crippen LogP contribution in [0, 0.1) is 0 Å². The Hall–Kier alpha value is 0.744. The Morgan fingerprint density at radius 2 is 1.40 bits per heavy atom. The van der Waals surface area contributed by atoms with E-state index in [2.05, 4.69) is 29.5 Å². The van der Waals surface area contributed by atoms with Crippen LogP contribution in [0.1, 0.15) is 0 Å². The molecule has 0 bridgehead atoms. The third-order valence-electron chi connectivity index (χ3n) is 0. The molecule has 0 fully saturated rings. The van der Waals surface area contributed by atoms with Gasteiger partial charge in [0.1, 0.15) is 0 Å². The number of methoxy groups -OCH3 is 1. The second-order valence-electron chi connectivity index (χ2n) is 0.408. The molecule has 0 radical (unpaired) electrons. The van der Waals surface area contributed by atoms with E-state index in [-0.39, 0.29) is 0 Å². The van der Waals surface area contributed by atoms with Crippen LogP contribution in [0.25, 0.3) is 0 Å². The van der Waals surface area contributed by atoms with Gasteiger partial charge >= 0.3 is 24.8 Å². The van der Waals surface area contributed by atoms with E-state index in [0.717, 1.165) is 0 Å². The summed E-state index contributed by atoms with van der Waals surface area (Å²) in [7, 11) is 7.51. The zero-order valence-electron chi connectivity index (χ0n) is 3.10. The van der Waals surface area contributed by atoms with Crippen molar-refractivity contribution >= 4 is 10.2 Å². The second-order valence-corrected chi connectivity index (χ2v) is 0.408. The van der Waals surface area contributed by atoms with E-state index in [4.69, 9.17) is 0 Å². The first kappa shape index (κ1) is 9.22. The van der Waals surface area contributed by atoms with E-state index in [0.29, 0.717) is 0 Å². The van der Waals surface area contributed by atoms with Gasteiger partial charge in [0.15, 0.2) is 0 Å². The molecule has 0 heterocycles. The van der Waals surface area contributed by atoms with E-state index < -0.39 is 0 Å². The van der Waals surface area contributed by atoms with Crippen molar-refractivity contribution in [3.63, 3.8) is 0 Å². The van der Waals surface area contributed by atoms with Gasteiger partial charge in [0.05, 0.1) is 0 Å². The van der Waals surface area contributed by atoms with Gasteiger partial charge in [0.2, 0.25) is 0 Å². The van der Waals surface area contributed by atoms with Crippen LogP contribution in [0.4, 0.5) is 0 Å². The SMILES string of the molecule is COC.[Cl][Ni].